The zero-order chi connectivity index (χ0) is 22.4. The van der Waals surface area contributed by atoms with Crippen molar-refractivity contribution in [1.29, 1.82) is 0 Å². The number of nitrogens with zero attached hydrogens (tertiary/aromatic N) is 2. The first-order chi connectivity index (χ1) is 14.1. The third-order valence-corrected chi connectivity index (χ3v) is 5.40. The molecule has 0 radical (unpaired) electrons. The number of carbonyl (C=O) groups is 2. The van der Waals surface area contributed by atoms with Gasteiger partial charge in [-0.05, 0) is 77.4 Å². The van der Waals surface area contributed by atoms with Crippen LogP contribution in [-0.2, 0) is 0 Å². The lowest BCUT2D eigenvalue weighted by Gasteiger charge is -2.35. The number of para-hydroxylation sites is 2. The smallest absolute Gasteiger partial charge is 0.258 e. The first-order valence-corrected chi connectivity index (χ1v) is 10.5. The van der Waals surface area contributed by atoms with E-state index in [0.717, 1.165) is 13.0 Å². The highest BCUT2D eigenvalue weighted by Crippen LogP contribution is 2.28. The van der Waals surface area contributed by atoms with Gasteiger partial charge in [0.15, 0.2) is 0 Å². The first kappa shape index (κ1) is 23.4. The Bertz CT molecular complexity index is 854. The van der Waals surface area contributed by atoms with Gasteiger partial charge in [-0.2, -0.15) is 0 Å². The molecule has 0 heterocycles. The molecule has 2 aromatic rings. The van der Waals surface area contributed by atoms with E-state index in [1.54, 1.807) is 35.2 Å². The molecule has 1 atom stereocenters. The molecule has 0 saturated heterocycles. The molecule has 0 aliphatic heterocycles. The van der Waals surface area contributed by atoms with Crippen LogP contribution in [0.15, 0.2) is 48.5 Å². The lowest BCUT2D eigenvalue weighted by molar-refractivity contribution is 0.0968. The van der Waals surface area contributed by atoms with Gasteiger partial charge in [0.1, 0.15) is 0 Å². The highest BCUT2D eigenvalue weighted by molar-refractivity contribution is 6.08. The number of hydrogen-bond acceptors (Lipinski definition) is 4. The van der Waals surface area contributed by atoms with Gasteiger partial charge in [0.25, 0.3) is 5.91 Å². The van der Waals surface area contributed by atoms with Crippen molar-refractivity contribution in [3.63, 3.8) is 0 Å². The van der Waals surface area contributed by atoms with E-state index in [2.05, 4.69) is 32.6 Å². The molecule has 6 nitrogen and oxygen atoms in total. The maximum Gasteiger partial charge on any atom is 0.258 e. The Balaban J connectivity index is 2.34. The minimum absolute atomic E-state index is 0.0713. The number of anilines is 2. The van der Waals surface area contributed by atoms with Gasteiger partial charge in [0.2, 0.25) is 5.91 Å². The van der Waals surface area contributed by atoms with Crippen LogP contribution in [0.1, 0.15) is 61.8 Å². The van der Waals surface area contributed by atoms with Crippen LogP contribution in [0.4, 0.5) is 11.4 Å². The highest BCUT2D eigenvalue weighted by Gasteiger charge is 2.26. The fraction of sp³-hybridized carbons (Fsp3) is 0.417. The Morgan fingerprint density at radius 2 is 1.40 bits per heavy atom. The van der Waals surface area contributed by atoms with Crippen molar-refractivity contribution in [2.75, 3.05) is 17.2 Å². The quantitative estimate of drug-likeness (QED) is 0.613. The molecule has 0 fully saturated rings. The number of primary amides is 1. The van der Waals surface area contributed by atoms with E-state index in [4.69, 9.17) is 11.5 Å². The summed E-state index contributed by atoms with van der Waals surface area (Å²) in [7, 11) is 0. The summed E-state index contributed by atoms with van der Waals surface area (Å²) in [5.74, 6) is -0.675. The summed E-state index contributed by atoms with van der Waals surface area (Å²) in [6, 6.07) is 14.6. The van der Waals surface area contributed by atoms with Gasteiger partial charge in [-0.15, -0.1) is 0 Å². The number of nitrogens with two attached hydrogens (primary N) is 2. The van der Waals surface area contributed by atoms with E-state index < -0.39 is 5.91 Å². The Morgan fingerprint density at radius 1 is 0.867 bits per heavy atom. The van der Waals surface area contributed by atoms with Gasteiger partial charge in [0, 0.05) is 35.8 Å². The van der Waals surface area contributed by atoms with Gasteiger partial charge in [-0.25, -0.2) is 0 Å². The topological polar surface area (TPSA) is 92.7 Å². The van der Waals surface area contributed by atoms with Crippen LogP contribution in [0.2, 0.25) is 0 Å². The first-order valence-electron chi connectivity index (χ1n) is 10.5. The van der Waals surface area contributed by atoms with Gasteiger partial charge >= 0.3 is 0 Å². The monoisotopic (exact) mass is 410 g/mol. The number of rotatable bonds is 9. The molecular formula is C24H34N4O2. The van der Waals surface area contributed by atoms with Crippen molar-refractivity contribution < 1.29 is 9.59 Å². The molecule has 0 spiro atoms. The van der Waals surface area contributed by atoms with E-state index in [1.165, 1.54) is 0 Å². The average molecular weight is 411 g/mol. The number of amides is 2. The van der Waals surface area contributed by atoms with Crippen LogP contribution < -0.4 is 16.4 Å². The van der Waals surface area contributed by atoms with Gasteiger partial charge < -0.3 is 16.4 Å². The van der Waals surface area contributed by atoms with E-state index in [0.29, 0.717) is 34.6 Å². The van der Waals surface area contributed by atoms with E-state index >= 15 is 0 Å². The zero-order valence-corrected chi connectivity index (χ0v) is 18.6. The summed E-state index contributed by atoms with van der Waals surface area (Å²) >= 11 is 0. The normalized spacial score (nSPS) is 12.4. The van der Waals surface area contributed by atoms with Crippen LogP contribution in [0.25, 0.3) is 0 Å². The number of benzene rings is 2. The van der Waals surface area contributed by atoms with Crippen LogP contribution >= 0.6 is 0 Å². The third-order valence-electron chi connectivity index (χ3n) is 5.40. The average Bonchev–Trinajstić information content (AvgIpc) is 2.69. The van der Waals surface area contributed by atoms with Crippen LogP contribution in [0.3, 0.4) is 0 Å². The van der Waals surface area contributed by atoms with Gasteiger partial charge in [-0.3, -0.25) is 14.5 Å². The fourth-order valence-electron chi connectivity index (χ4n) is 3.75. The summed E-state index contributed by atoms with van der Waals surface area (Å²) in [5.41, 5.74) is 13.6. The van der Waals surface area contributed by atoms with Crippen molar-refractivity contribution in [2.45, 2.75) is 59.2 Å². The Hall–Kier alpha value is -2.86. The molecular weight excluding hydrogens is 376 g/mol. The second kappa shape index (κ2) is 10.3. The molecule has 2 aromatic carbocycles. The predicted molar refractivity (Wildman–Crippen MR) is 124 cm³/mol. The maximum absolute atomic E-state index is 13.5. The van der Waals surface area contributed by atoms with Crippen molar-refractivity contribution in [1.82, 2.24) is 4.90 Å². The molecule has 0 bridgehead atoms. The molecule has 0 saturated carbocycles. The molecule has 0 aliphatic carbocycles. The molecule has 2 rings (SSSR count). The van der Waals surface area contributed by atoms with Gasteiger partial charge in [-0.1, -0.05) is 12.1 Å². The van der Waals surface area contributed by atoms with E-state index in [-0.39, 0.29) is 11.9 Å². The minimum Gasteiger partial charge on any atom is -0.397 e. The zero-order valence-electron chi connectivity index (χ0n) is 18.6. The second-order valence-corrected chi connectivity index (χ2v) is 8.24. The summed E-state index contributed by atoms with van der Waals surface area (Å²) in [6.45, 7) is 11.6. The van der Waals surface area contributed by atoms with Gasteiger partial charge in [0.05, 0.1) is 11.4 Å². The van der Waals surface area contributed by atoms with E-state index in [1.807, 2.05) is 25.1 Å². The Kier molecular flexibility index (Phi) is 8.00. The fourth-order valence-corrected chi connectivity index (χ4v) is 3.75. The highest BCUT2D eigenvalue weighted by atomic mass is 16.2. The molecule has 162 valence electrons. The van der Waals surface area contributed by atoms with Crippen LogP contribution in [0.5, 0.6) is 0 Å². The summed E-state index contributed by atoms with van der Waals surface area (Å²) in [5, 5.41) is 0. The molecule has 6 heteroatoms. The lowest BCUT2D eigenvalue weighted by Crippen LogP contribution is -2.44. The molecule has 4 N–H and O–H groups in total. The summed E-state index contributed by atoms with van der Waals surface area (Å²) in [6.07, 6.45) is 0.801. The largest absolute Gasteiger partial charge is 0.397 e. The molecule has 1 unspecified atom stereocenters. The molecule has 0 aromatic heterocycles. The Morgan fingerprint density at radius 3 is 1.90 bits per heavy atom. The summed E-state index contributed by atoms with van der Waals surface area (Å²) in [4.78, 5) is 29.0. The maximum atomic E-state index is 13.5. The van der Waals surface area contributed by atoms with Crippen molar-refractivity contribution in [2.24, 2.45) is 5.73 Å². The number of hydrogen-bond donors (Lipinski definition) is 2. The predicted octanol–water partition coefficient (Wildman–Crippen LogP) is 3.91. The standard InChI is InChI=1S/C24H34N4O2/c1-16(2)27(17(3)4)15-14-18(5)28(22-9-7-6-8-21(22)25)24(30)20-12-10-19(11-13-20)23(26)29/h6-13,16-18H,14-15,25H2,1-5H3,(H2,26,29). The van der Waals surface area contributed by atoms with Crippen molar-refractivity contribution in [3.8, 4) is 0 Å². The van der Waals surface area contributed by atoms with Crippen LogP contribution in [-0.4, -0.2) is 41.4 Å². The molecule has 0 aliphatic rings. The molecule has 2 amide bonds. The Labute approximate surface area is 179 Å². The number of carbonyl (C=O) groups excluding carboxylic acids is 2. The lowest BCUT2D eigenvalue weighted by atomic mass is 10.1. The minimum atomic E-state index is -0.519. The number of nitrogen functional groups attached to an aromatic ring is 1. The SMILES string of the molecule is CC(CCN(C(C)C)C(C)C)N(C(=O)c1ccc(C(N)=O)cc1)c1ccccc1N. The molecule has 30 heavy (non-hydrogen) atoms. The summed E-state index contributed by atoms with van der Waals surface area (Å²) < 4.78 is 0. The third kappa shape index (κ3) is 5.60. The van der Waals surface area contributed by atoms with Crippen molar-refractivity contribution >= 4 is 23.2 Å². The second-order valence-electron chi connectivity index (χ2n) is 8.24. The van der Waals surface area contributed by atoms with Crippen LogP contribution in [0, 0.1) is 0 Å². The van der Waals surface area contributed by atoms with E-state index in [9.17, 15) is 9.59 Å². The van der Waals surface area contributed by atoms with Crippen molar-refractivity contribution in [3.05, 3.63) is 59.7 Å².